The van der Waals surface area contributed by atoms with Crippen molar-refractivity contribution in [3.05, 3.63) is 54.0 Å². The predicted octanol–water partition coefficient (Wildman–Crippen LogP) is 3.12. The molecule has 5 rings (SSSR count). The molecule has 1 fully saturated rings. The van der Waals surface area contributed by atoms with Gasteiger partial charge in [-0.3, -0.25) is 9.79 Å². The zero-order chi connectivity index (χ0) is 22.8. The third-order valence-electron chi connectivity index (χ3n) is 6.35. The van der Waals surface area contributed by atoms with Crippen LogP contribution in [0.5, 0.6) is 0 Å². The summed E-state index contributed by atoms with van der Waals surface area (Å²) in [6, 6.07) is 4.75. The Morgan fingerprint density at radius 2 is 2.21 bits per heavy atom. The highest BCUT2D eigenvalue weighted by atomic mass is 16.4. The number of carboxylic acids is 1. The molecule has 1 saturated heterocycles. The number of carbonyl (C=O) groups excluding carboxylic acids is 1. The van der Waals surface area contributed by atoms with Crippen LogP contribution in [0.2, 0.25) is 0 Å². The van der Waals surface area contributed by atoms with E-state index in [4.69, 9.17) is 9.41 Å². The fourth-order valence-electron chi connectivity index (χ4n) is 4.64. The number of carboxylic acid groups (broad SMARTS) is 1. The molecule has 0 aliphatic carbocycles. The number of aromatic nitrogens is 1. The van der Waals surface area contributed by atoms with Crippen molar-refractivity contribution < 1.29 is 19.1 Å². The zero-order valence-corrected chi connectivity index (χ0v) is 18.3. The van der Waals surface area contributed by atoms with Crippen LogP contribution in [-0.2, 0) is 4.79 Å². The van der Waals surface area contributed by atoms with Gasteiger partial charge in [-0.25, -0.2) is 9.78 Å². The molecule has 3 aliphatic rings. The number of amidine groups is 1. The highest BCUT2D eigenvalue weighted by Gasteiger charge is 2.36. The van der Waals surface area contributed by atoms with Crippen molar-refractivity contribution in [1.82, 2.24) is 20.1 Å². The van der Waals surface area contributed by atoms with E-state index >= 15 is 0 Å². The number of nitrogens with zero attached hydrogens (tertiary/aromatic N) is 4. The highest BCUT2D eigenvalue weighted by molar-refractivity contribution is 6.02. The van der Waals surface area contributed by atoms with Gasteiger partial charge in [0.1, 0.15) is 5.84 Å². The van der Waals surface area contributed by atoms with Gasteiger partial charge in [-0.2, -0.15) is 0 Å². The van der Waals surface area contributed by atoms with Gasteiger partial charge in [-0.1, -0.05) is 18.2 Å². The second kappa shape index (κ2) is 9.09. The first-order valence-electron chi connectivity index (χ1n) is 11.4. The summed E-state index contributed by atoms with van der Waals surface area (Å²) < 4.78 is 5.37. The smallest absolute Gasteiger partial charge is 0.320 e. The lowest BCUT2D eigenvalue weighted by Gasteiger charge is -2.26. The summed E-state index contributed by atoms with van der Waals surface area (Å²) in [5.74, 6) is -0.00440. The summed E-state index contributed by atoms with van der Waals surface area (Å²) in [5.41, 5.74) is 2.13. The van der Waals surface area contributed by atoms with Crippen LogP contribution in [0.15, 0.2) is 57.7 Å². The predicted molar refractivity (Wildman–Crippen MR) is 123 cm³/mol. The highest BCUT2D eigenvalue weighted by Crippen LogP contribution is 2.29. The molecule has 2 N–H and O–H groups in total. The van der Waals surface area contributed by atoms with Crippen LogP contribution >= 0.6 is 0 Å². The molecule has 3 aliphatic heterocycles. The molecule has 2 atom stereocenters. The van der Waals surface area contributed by atoms with Crippen LogP contribution in [-0.4, -0.2) is 69.9 Å². The number of fused-ring (bicyclic) bond motifs is 2. The lowest BCUT2D eigenvalue weighted by atomic mass is 10.0. The number of carbonyl (C=O) groups is 2. The monoisotopic (exact) mass is 449 g/mol. The molecule has 0 saturated carbocycles. The number of aliphatic imine (C=N–C) groups is 1. The second-order valence-electron chi connectivity index (χ2n) is 8.55. The molecule has 2 unspecified atom stereocenters. The fraction of sp³-hybridized carbons (Fsp3) is 0.417. The van der Waals surface area contributed by atoms with Gasteiger partial charge in [0.05, 0.1) is 30.5 Å². The topological polar surface area (TPSA) is 111 Å². The van der Waals surface area contributed by atoms with Crippen molar-refractivity contribution in [3.63, 3.8) is 0 Å². The van der Waals surface area contributed by atoms with E-state index in [1.165, 1.54) is 0 Å². The maximum absolute atomic E-state index is 13.1. The van der Waals surface area contributed by atoms with Crippen molar-refractivity contribution in [2.75, 3.05) is 26.2 Å². The molecular weight excluding hydrogens is 422 g/mol. The second-order valence-corrected chi connectivity index (χ2v) is 8.55. The molecule has 0 aromatic carbocycles. The van der Waals surface area contributed by atoms with Crippen LogP contribution in [0.25, 0.3) is 11.1 Å². The van der Waals surface area contributed by atoms with Gasteiger partial charge in [-0.15, -0.1) is 0 Å². The third-order valence-corrected chi connectivity index (χ3v) is 6.35. The van der Waals surface area contributed by atoms with E-state index in [2.05, 4.69) is 28.5 Å². The quantitative estimate of drug-likeness (QED) is 0.641. The number of pyridine rings is 1. The number of dihydropyridines is 1. The Labute approximate surface area is 191 Å². The molecule has 0 spiro atoms. The molecule has 172 valence electrons. The van der Waals surface area contributed by atoms with Crippen LogP contribution < -0.4 is 5.32 Å². The average molecular weight is 450 g/mol. The number of furan rings is 1. The number of hydrogen-bond donors (Lipinski definition) is 2. The van der Waals surface area contributed by atoms with Gasteiger partial charge < -0.3 is 24.6 Å². The van der Waals surface area contributed by atoms with Crippen molar-refractivity contribution in [2.45, 2.75) is 37.8 Å². The van der Waals surface area contributed by atoms with Crippen molar-refractivity contribution in [3.8, 4) is 0 Å². The summed E-state index contributed by atoms with van der Waals surface area (Å²) in [7, 11) is 0. The fourth-order valence-corrected chi connectivity index (χ4v) is 4.64. The van der Waals surface area contributed by atoms with Gasteiger partial charge in [0.15, 0.2) is 0 Å². The largest absolute Gasteiger partial charge is 0.481 e. The molecular formula is C24H27N5O4. The first-order valence-corrected chi connectivity index (χ1v) is 11.4. The summed E-state index contributed by atoms with van der Waals surface area (Å²) in [5, 5.41) is 13.7. The minimum atomic E-state index is -0.972. The Kier molecular flexibility index (Phi) is 5.85. The first-order chi connectivity index (χ1) is 16.1. The van der Waals surface area contributed by atoms with E-state index < -0.39 is 12.0 Å². The van der Waals surface area contributed by atoms with Gasteiger partial charge in [-0.05, 0) is 37.5 Å². The summed E-state index contributed by atoms with van der Waals surface area (Å²) in [6.07, 6.45) is 10.5. The normalized spacial score (nSPS) is 21.0. The average Bonchev–Trinajstić information content (AvgIpc) is 3.43. The lowest BCUT2D eigenvalue weighted by Crippen LogP contribution is -2.36. The number of urea groups is 1. The number of hydrogen-bond acceptors (Lipinski definition) is 6. The third kappa shape index (κ3) is 4.48. The Morgan fingerprint density at radius 3 is 3.09 bits per heavy atom. The molecule has 2 aromatic heterocycles. The molecule has 2 aromatic rings. The Hall–Kier alpha value is -3.62. The van der Waals surface area contributed by atoms with Crippen molar-refractivity contribution in [2.24, 2.45) is 4.99 Å². The standard InChI is InChI=1S/C24H27N5O4/c30-21(31)15-20(19-8-6-17-9-14-33-23(17)27-19)29-13-12-28(24(29)32)11-2-4-18-7-5-16-3-1-10-25-22(16)26-18/h3,5-9,14,18,20H,1-2,4,10-13,15H2,(H,25,26)(H,30,31). The molecule has 0 bridgehead atoms. The number of nitrogens with one attached hydrogen (secondary N) is 1. The van der Waals surface area contributed by atoms with Crippen LogP contribution in [0.4, 0.5) is 4.79 Å². The Bertz CT molecular complexity index is 1150. The van der Waals surface area contributed by atoms with Gasteiger partial charge in [0, 0.05) is 37.1 Å². The zero-order valence-electron chi connectivity index (χ0n) is 18.3. The number of aliphatic carboxylic acids is 1. The minimum Gasteiger partial charge on any atom is -0.481 e. The first kappa shape index (κ1) is 21.2. The van der Waals surface area contributed by atoms with E-state index in [9.17, 15) is 14.7 Å². The maximum atomic E-state index is 13.1. The molecule has 9 heteroatoms. The van der Waals surface area contributed by atoms with Gasteiger partial charge in [0.2, 0.25) is 5.71 Å². The van der Waals surface area contributed by atoms with Crippen molar-refractivity contribution >= 4 is 28.9 Å². The Balaban J connectivity index is 1.22. The molecule has 0 radical (unpaired) electrons. The van der Waals surface area contributed by atoms with Crippen molar-refractivity contribution in [1.29, 1.82) is 0 Å². The van der Waals surface area contributed by atoms with E-state index in [1.807, 2.05) is 6.07 Å². The lowest BCUT2D eigenvalue weighted by molar-refractivity contribution is -0.138. The van der Waals surface area contributed by atoms with Crippen LogP contribution in [0.1, 0.15) is 37.4 Å². The molecule has 33 heavy (non-hydrogen) atoms. The van der Waals surface area contributed by atoms with Gasteiger partial charge >= 0.3 is 12.0 Å². The maximum Gasteiger partial charge on any atom is 0.320 e. The molecule has 5 heterocycles. The van der Waals surface area contributed by atoms with Gasteiger partial charge in [0.25, 0.3) is 0 Å². The van der Waals surface area contributed by atoms with E-state index in [1.54, 1.807) is 28.2 Å². The number of rotatable bonds is 8. The summed E-state index contributed by atoms with van der Waals surface area (Å²) >= 11 is 0. The summed E-state index contributed by atoms with van der Waals surface area (Å²) in [6.45, 7) is 2.57. The van der Waals surface area contributed by atoms with E-state index in [0.29, 0.717) is 31.0 Å². The molecule has 2 amide bonds. The van der Waals surface area contributed by atoms with Crippen LogP contribution in [0, 0.1) is 0 Å². The Morgan fingerprint density at radius 1 is 1.30 bits per heavy atom. The van der Waals surface area contributed by atoms with E-state index in [-0.39, 0.29) is 18.5 Å². The van der Waals surface area contributed by atoms with Crippen LogP contribution in [0.3, 0.4) is 0 Å². The summed E-state index contributed by atoms with van der Waals surface area (Å²) in [4.78, 5) is 37.4. The molecule has 9 nitrogen and oxygen atoms in total. The number of amides is 2. The minimum absolute atomic E-state index is 0.112. The van der Waals surface area contributed by atoms with E-state index in [0.717, 1.165) is 42.6 Å². The SMILES string of the molecule is O=C(O)CC(c1ccc2ccoc2n1)N1CCN(CCCC2C=CC3=CCCNC3=N2)C1=O.